The maximum atomic E-state index is 5.16. The topological polar surface area (TPSA) is 110 Å². The Labute approximate surface area is 220 Å². The minimum absolute atomic E-state index is 0.466. The van der Waals surface area contributed by atoms with Gasteiger partial charge >= 0.3 is 0 Å². The second kappa shape index (κ2) is 9.79. The van der Waals surface area contributed by atoms with Crippen LogP contribution in [0.5, 0.6) is 0 Å². The average molecular weight is 505 g/mol. The van der Waals surface area contributed by atoms with Gasteiger partial charge in [0.2, 0.25) is 5.95 Å². The van der Waals surface area contributed by atoms with Crippen molar-refractivity contribution in [2.75, 3.05) is 36.4 Å². The molecule has 10 nitrogen and oxygen atoms in total. The first-order valence-electron chi connectivity index (χ1n) is 13.1. The standard InChI is InChI=1S/C28H28N10/c1-2-7-21(8-3-1)38-18-32-28(36-38)34-24-15-20(9-10-31-24)26-33-23-17-30-16-22(19-5-4-6-19)25(23)27(35-26)37-13-11-29-12-14-37/h1-3,7-10,15-19,29H,4-6,11-14H2,(H,31,34,36). The van der Waals surface area contributed by atoms with Crippen LogP contribution in [0.4, 0.5) is 17.6 Å². The van der Waals surface area contributed by atoms with Gasteiger partial charge in [-0.3, -0.25) is 4.98 Å². The molecule has 1 aliphatic heterocycles. The lowest BCUT2D eigenvalue weighted by Gasteiger charge is -2.32. The Hall–Kier alpha value is -4.44. The van der Waals surface area contributed by atoms with Crippen molar-refractivity contribution >= 4 is 28.5 Å². The van der Waals surface area contributed by atoms with E-state index in [2.05, 4.69) is 35.6 Å². The molecule has 2 N–H and O–H groups in total. The molecule has 2 fully saturated rings. The van der Waals surface area contributed by atoms with Gasteiger partial charge in [-0.25, -0.2) is 19.6 Å². The zero-order chi connectivity index (χ0) is 25.3. The third kappa shape index (κ3) is 4.32. The lowest BCUT2D eigenvalue weighted by molar-refractivity contribution is 0.421. The van der Waals surface area contributed by atoms with Gasteiger partial charge < -0.3 is 15.5 Å². The summed E-state index contributed by atoms with van der Waals surface area (Å²) in [6.45, 7) is 3.71. The number of piperazine rings is 1. The molecular weight excluding hydrogens is 476 g/mol. The molecule has 0 spiro atoms. The third-order valence-corrected chi connectivity index (χ3v) is 7.35. The molecule has 190 valence electrons. The smallest absolute Gasteiger partial charge is 0.248 e. The fourth-order valence-electron chi connectivity index (χ4n) is 5.13. The van der Waals surface area contributed by atoms with Crippen molar-refractivity contribution in [2.45, 2.75) is 25.2 Å². The van der Waals surface area contributed by atoms with Crippen LogP contribution in [0.25, 0.3) is 28.0 Å². The minimum atomic E-state index is 0.466. The van der Waals surface area contributed by atoms with E-state index in [1.807, 2.05) is 54.9 Å². The largest absolute Gasteiger partial charge is 0.353 e. The van der Waals surface area contributed by atoms with Gasteiger partial charge in [0.05, 0.1) is 17.4 Å². The molecule has 1 saturated carbocycles. The second-order valence-electron chi connectivity index (χ2n) is 9.76. The number of nitrogens with zero attached hydrogens (tertiary/aromatic N) is 8. The van der Waals surface area contributed by atoms with Crippen LogP contribution >= 0.6 is 0 Å². The lowest BCUT2D eigenvalue weighted by Crippen LogP contribution is -2.44. The van der Waals surface area contributed by atoms with E-state index in [0.29, 0.717) is 23.5 Å². The Bertz CT molecular complexity index is 1570. The molecule has 10 heteroatoms. The van der Waals surface area contributed by atoms with E-state index in [1.54, 1.807) is 17.2 Å². The highest BCUT2D eigenvalue weighted by atomic mass is 15.4. The van der Waals surface area contributed by atoms with Gasteiger partial charge in [-0.05, 0) is 48.6 Å². The zero-order valence-electron chi connectivity index (χ0n) is 21.0. The lowest BCUT2D eigenvalue weighted by atomic mass is 9.79. The normalized spacial score (nSPS) is 15.9. The predicted molar refractivity (Wildman–Crippen MR) is 147 cm³/mol. The van der Waals surface area contributed by atoms with E-state index in [1.165, 1.54) is 24.8 Å². The van der Waals surface area contributed by atoms with E-state index in [0.717, 1.165) is 54.2 Å². The number of aromatic nitrogens is 7. The summed E-state index contributed by atoms with van der Waals surface area (Å²) in [5, 5.41) is 12.4. The summed E-state index contributed by atoms with van der Waals surface area (Å²) in [5.41, 5.74) is 3.99. The van der Waals surface area contributed by atoms with Crippen LogP contribution in [0, 0.1) is 0 Å². The molecule has 0 atom stereocenters. The highest BCUT2D eigenvalue weighted by Crippen LogP contribution is 2.42. The average Bonchev–Trinajstić information content (AvgIpc) is 3.41. The number of hydrogen-bond donors (Lipinski definition) is 2. The molecule has 0 unspecified atom stereocenters. The molecule has 4 aromatic heterocycles. The molecule has 0 bridgehead atoms. The molecule has 0 radical (unpaired) electrons. The van der Waals surface area contributed by atoms with Gasteiger partial charge in [0.1, 0.15) is 18.0 Å². The van der Waals surface area contributed by atoms with Gasteiger partial charge in [0.15, 0.2) is 5.82 Å². The van der Waals surface area contributed by atoms with Crippen LogP contribution in [0.15, 0.2) is 67.4 Å². The number of nitrogens with one attached hydrogen (secondary N) is 2. The SMILES string of the molecule is c1ccc(-n2cnc(Nc3cc(-c4nc(N5CCNCC5)c5c(C6CCC6)cncc5n4)ccn3)n2)cc1. The first-order chi connectivity index (χ1) is 18.8. The van der Waals surface area contributed by atoms with E-state index >= 15 is 0 Å². The van der Waals surface area contributed by atoms with Gasteiger partial charge in [0, 0.05) is 49.5 Å². The molecule has 5 heterocycles. The van der Waals surface area contributed by atoms with Crippen molar-refractivity contribution in [2.24, 2.45) is 0 Å². The first kappa shape index (κ1) is 22.7. The van der Waals surface area contributed by atoms with E-state index < -0.39 is 0 Å². The van der Waals surface area contributed by atoms with Crippen molar-refractivity contribution in [3.63, 3.8) is 0 Å². The molecule has 2 aliphatic rings. The minimum Gasteiger partial charge on any atom is -0.353 e. The van der Waals surface area contributed by atoms with E-state index in [-0.39, 0.29) is 0 Å². The number of hydrogen-bond acceptors (Lipinski definition) is 9. The van der Waals surface area contributed by atoms with E-state index in [9.17, 15) is 0 Å². The predicted octanol–water partition coefficient (Wildman–Crippen LogP) is 4.09. The third-order valence-electron chi connectivity index (χ3n) is 7.35. The fraction of sp³-hybridized carbons (Fsp3) is 0.286. The summed E-state index contributed by atoms with van der Waals surface area (Å²) in [7, 11) is 0. The van der Waals surface area contributed by atoms with Gasteiger partial charge in [-0.15, -0.1) is 5.10 Å². The number of anilines is 3. The van der Waals surface area contributed by atoms with Gasteiger partial charge in [-0.1, -0.05) is 24.6 Å². The Morgan fingerprint density at radius 2 is 1.82 bits per heavy atom. The monoisotopic (exact) mass is 504 g/mol. The quantitative estimate of drug-likeness (QED) is 0.353. The second-order valence-corrected chi connectivity index (χ2v) is 9.76. The highest BCUT2D eigenvalue weighted by molar-refractivity contribution is 5.94. The number of fused-ring (bicyclic) bond motifs is 1. The molecule has 1 aromatic carbocycles. The molecule has 1 saturated heterocycles. The van der Waals surface area contributed by atoms with Crippen LogP contribution in [-0.2, 0) is 0 Å². The molecular formula is C28H28N10. The van der Waals surface area contributed by atoms with Crippen molar-refractivity contribution in [1.29, 1.82) is 0 Å². The van der Waals surface area contributed by atoms with Crippen molar-refractivity contribution in [1.82, 2.24) is 40.0 Å². The van der Waals surface area contributed by atoms with Crippen LogP contribution in [0.2, 0.25) is 0 Å². The molecule has 1 aliphatic carbocycles. The number of rotatable bonds is 6. The summed E-state index contributed by atoms with van der Waals surface area (Å²) in [5.74, 6) is 3.30. The van der Waals surface area contributed by atoms with Gasteiger partial charge in [0.25, 0.3) is 0 Å². The zero-order valence-corrected chi connectivity index (χ0v) is 21.0. The number of pyridine rings is 2. The molecule has 38 heavy (non-hydrogen) atoms. The van der Waals surface area contributed by atoms with Crippen LogP contribution in [-0.4, -0.2) is 60.9 Å². The summed E-state index contributed by atoms with van der Waals surface area (Å²) in [6, 6.07) is 13.8. The summed E-state index contributed by atoms with van der Waals surface area (Å²) < 4.78 is 1.73. The van der Waals surface area contributed by atoms with Crippen LogP contribution < -0.4 is 15.5 Å². The molecule has 5 aromatic rings. The Morgan fingerprint density at radius 3 is 2.63 bits per heavy atom. The van der Waals surface area contributed by atoms with Crippen LogP contribution in [0.1, 0.15) is 30.7 Å². The molecule has 0 amide bonds. The first-order valence-corrected chi connectivity index (χ1v) is 13.1. The fourth-order valence-corrected chi connectivity index (χ4v) is 5.13. The maximum Gasteiger partial charge on any atom is 0.248 e. The van der Waals surface area contributed by atoms with Crippen LogP contribution in [0.3, 0.4) is 0 Å². The Kier molecular flexibility index (Phi) is 5.86. The molecule has 7 rings (SSSR count). The van der Waals surface area contributed by atoms with E-state index in [4.69, 9.17) is 9.97 Å². The van der Waals surface area contributed by atoms with Crippen molar-refractivity contribution < 1.29 is 0 Å². The number of benzene rings is 1. The summed E-state index contributed by atoms with van der Waals surface area (Å²) in [6.07, 6.45) is 11.0. The summed E-state index contributed by atoms with van der Waals surface area (Å²) in [4.78, 5) is 26.0. The Balaban J connectivity index is 1.25. The van der Waals surface area contributed by atoms with Crippen molar-refractivity contribution in [3.8, 4) is 17.1 Å². The van der Waals surface area contributed by atoms with Gasteiger partial charge in [-0.2, -0.15) is 4.98 Å². The number of para-hydroxylation sites is 1. The highest BCUT2D eigenvalue weighted by Gasteiger charge is 2.26. The summed E-state index contributed by atoms with van der Waals surface area (Å²) >= 11 is 0. The maximum absolute atomic E-state index is 5.16. The Morgan fingerprint density at radius 1 is 0.947 bits per heavy atom. The van der Waals surface area contributed by atoms with Crippen molar-refractivity contribution in [3.05, 3.63) is 72.9 Å².